The molecule has 0 saturated carbocycles. The van der Waals surface area contributed by atoms with E-state index in [0.29, 0.717) is 12.6 Å². The van der Waals surface area contributed by atoms with Crippen molar-refractivity contribution < 1.29 is 4.74 Å². The van der Waals surface area contributed by atoms with Gasteiger partial charge in [-0.3, -0.25) is 0 Å². The van der Waals surface area contributed by atoms with Crippen molar-refractivity contribution >= 4 is 0 Å². The first-order chi connectivity index (χ1) is 5.31. The Morgan fingerprint density at radius 3 is 2.73 bits per heavy atom. The Hall–Kier alpha value is -0.120. The van der Waals surface area contributed by atoms with E-state index in [1.54, 1.807) is 7.11 Å². The maximum absolute atomic E-state index is 5.43. The van der Waals surface area contributed by atoms with Gasteiger partial charge in [-0.2, -0.15) is 0 Å². The van der Waals surface area contributed by atoms with Gasteiger partial charge in [0.05, 0.1) is 0 Å². The van der Waals surface area contributed by atoms with Crippen molar-refractivity contribution in [3.63, 3.8) is 0 Å². The number of rotatable bonds is 7. The van der Waals surface area contributed by atoms with Crippen LogP contribution in [-0.2, 0) is 4.74 Å². The number of nitrogens with one attached hydrogen (secondary N) is 1. The number of hydrogen-bond acceptors (Lipinski definition) is 3. The van der Waals surface area contributed by atoms with Gasteiger partial charge in [0.15, 0.2) is 0 Å². The van der Waals surface area contributed by atoms with E-state index in [4.69, 9.17) is 10.5 Å². The zero-order valence-corrected chi connectivity index (χ0v) is 7.60. The lowest BCUT2D eigenvalue weighted by molar-refractivity contribution is 0.192. The summed E-state index contributed by atoms with van der Waals surface area (Å²) in [4.78, 5) is 0. The quantitative estimate of drug-likeness (QED) is 0.528. The Labute approximate surface area is 69.3 Å². The zero-order valence-electron chi connectivity index (χ0n) is 7.60. The Kier molecular flexibility index (Phi) is 7.89. The highest BCUT2D eigenvalue weighted by atomic mass is 16.5. The standard InChI is InChI=1S/C8H20N2O/c1-8(7-9)10-5-3-4-6-11-2/h8,10H,3-7,9H2,1-2H3/t8-/m0/s1. The molecule has 0 saturated heterocycles. The minimum absolute atomic E-state index is 0.442. The molecular weight excluding hydrogens is 140 g/mol. The molecule has 0 aromatic heterocycles. The molecule has 0 spiro atoms. The lowest BCUT2D eigenvalue weighted by Gasteiger charge is -2.10. The van der Waals surface area contributed by atoms with Gasteiger partial charge in [0.2, 0.25) is 0 Å². The fourth-order valence-electron chi connectivity index (χ4n) is 0.803. The molecule has 3 N–H and O–H groups in total. The summed E-state index contributed by atoms with van der Waals surface area (Å²) in [6.45, 7) is 4.71. The Morgan fingerprint density at radius 2 is 2.18 bits per heavy atom. The fraction of sp³-hybridized carbons (Fsp3) is 1.00. The molecule has 0 aliphatic heterocycles. The molecule has 0 aliphatic carbocycles. The van der Waals surface area contributed by atoms with Gasteiger partial charge in [0, 0.05) is 26.3 Å². The van der Waals surface area contributed by atoms with E-state index in [-0.39, 0.29) is 0 Å². The van der Waals surface area contributed by atoms with Crippen LogP contribution in [0, 0.1) is 0 Å². The maximum atomic E-state index is 5.43. The van der Waals surface area contributed by atoms with Crippen molar-refractivity contribution in [2.24, 2.45) is 5.73 Å². The van der Waals surface area contributed by atoms with Crippen molar-refractivity contribution in [3.8, 4) is 0 Å². The van der Waals surface area contributed by atoms with Crippen LogP contribution in [0.4, 0.5) is 0 Å². The first kappa shape index (κ1) is 10.9. The van der Waals surface area contributed by atoms with Crippen molar-refractivity contribution in [1.29, 1.82) is 0 Å². The van der Waals surface area contributed by atoms with Gasteiger partial charge in [-0.15, -0.1) is 0 Å². The number of methoxy groups -OCH3 is 1. The van der Waals surface area contributed by atoms with E-state index >= 15 is 0 Å². The molecule has 0 heterocycles. The molecule has 3 heteroatoms. The summed E-state index contributed by atoms with van der Waals surface area (Å²) in [5.74, 6) is 0. The lowest BCUT2D eigenvalue weighted by Crippen LogP contribution is -2.33. The minimum atomic E-state index is 0.442. The van der Waals surface area contributed by atoms with Crippen molar-refractivity contribution in [1.82, 2.24) is 5.32 Å². The van der Waals surface area contributed by atoms with E-state index < -0.39 is 0 Å². The third-order valence-corrected chi connectivity index (χ3v) is 1.62. The molecule has 0 aromatic carbocycles. The van der Waals surface area contributed by atoms with Crippen LogP contribution < -0.4 is 11.1 Å². The monoisotopic (exact) mass is 160 g/mol. The van der Waals surface area contributed by atoms with Crippen molar-refractivity contribution in [3.05, 3.63) is 0 Å². The second-order valence-electron chi connectivity index (χ2n) is 2.79. The molecule has 0 bridgehead atoms. The van der Waals surface area contributed by atoms with Crippen LogP contribution >= 0.6 is 0 Å². The van der Waals surface area contributed by atoms with Crippen LogP contribution in [0.25, 0.3) is 0 Å². The van der Waals surface area contributed by atoms with Crippen LogP contribution in [-0.4, -0.2) is 32.8 Å². The summed E-state index contributed by atoms with van der Waals surface area (Å²) in [6, 6.07) is 0.442. The molecule has 0 aromatic rings. The minimum Gasteiger partial charge on any atom is -0.385 e. The van der Waals surface area contributed by atoms with Crippen LogP contribution in [0.5, 0.6) is 0 Å². The first-order valence-corrected chi connectivity index (χ1v) is 4.23. The average molecular weight is 160 g/mol. The Morgan fingerprint density at radius 1 is 1.45 bits per heavy atom. The van der Waals surface area contributed by atoms with Gasteiger partial charge < -0.3 is 15.8 Å². The molecule has 0 unspecified atom stereocenters. The molecule has 0 rings (SSSR count). The molecule has 11 heavy (non-hydrogen) atoms. The van der Waals surface area contributed by atoms with E-state index in [0.717, 1.165) is 26.0 Å². The fourth-order valence-corrected chi connectivity index (χ4v) is 0.803. The number of ether oxygens (including phenoxy) is 1. The smallest absolute Gasteiger partial charge is 0.0462 e. The largest absolute Gasteiger partial charge is 0.385 e. The topological polar surface area (TPSA) is 47.3 Å². The highest BCUT2D eigenvalue weighted by Gasteiger charge is 1.95. The second kappa shape index (κ2) is 7.98. The van der Waals surface area contributed by atoms with Crippen LogP contribution in [0.3, 0.4) is 0 Å². The first-order valence-electron chi connectivity index (χ1n) is 4.23. The van der Waals surface area contributed by atoms with Crippen molar-refractivity contribution in [2.75, 3.05) is 26.8 Å². The third-order valence-electron chi connectivity index (χ3n) is 1.62. The molecule has 3 nitrogen and oxygen atoms in total. The predicted molar refractivity (Wildman–Crippen MR) is 47.6 cm³/mol. The summed E-state index contributed by atoms with van der Waals surface area (Å²) in [7, 11) is 1.73. The predicted octanol–water partition coefficient (Wildman–Crippen LogP) is 0.350. The van der Waals surface area contributed by atoms with E-state index in [1.807, 2.05) is 0 Å². The van der Waals surface area contributed by atoms with Crippen LogP contribution in [0.2, 0.25) is 0 Å². The van der Waals surface area contributed by atoms with E-state index in [1.165, 1.54) is 0 Å². The van der Waals surface area contributed by atoms with Crippen LogP contribution in [0.1, 0.15) is 19.8 Å². The molecule has 0 amide bonds. The Bertz CT molecular complexity index is 78.5. The molecular formula is C8H20N2O. The molecule has 0 aliphatic rings. The molecule has 1 atom stereocenters. The van der Waals surface area contributed by atoms with Gasteiger partial charge in [0.1, 0.15) is 0 Å². The number of nitrogens with two attached hydrogens (primary N) is 1. The highest BCUT2D eigenvalue weighted by molar-refractivity contribution is 4.59. The summed E-state index contributed by atoms with van der Waals surface area (Å²) in [5.41, 5.74) is 5.43. The Balaban J connectivity index is 2.89. The van der Waals surface area contributed by atoms with Crippen molar-refractivity contribution in [2.45, 2.75) is 25.8 Å². The molecule has 0 radical (unpaired) electrons. The van der Waals surface area contributed by atoms with Crippen LogP contribution in [0.15, 0.2) is 0 Å². The molecule has 68 valence electrons. The van der Waals surface area contributed by atoms with Gasteiger partial charge in [-0.25, -0.2) is 0 Å². The average Bonchev–Trinajstić information content (AvgIpc) is 2.04. The summed E-state index contributed by atoms with van der Waals surface area (Å²) >= 11 is 0. The summed E-state index contributed by atoms with van der Waals surface area (Å²) < 4.78 is 4.92. The maximum Gasteiger partial charge on any atom is 0.0462 e. The summed E-state index contributed by atoms with van der Waals surface area (Å²) in [6.07, 6.45) is 2.29. The van der Waals surface area contributed by atoms with Gasteiger partial charge in [-0.05, 0) is 26.3 Å². The van der Waals surface area contributed by atoms with E-state index in [2.05, 4.69) is 12.2 Å². The SMILES string of the molecule is COCCCCN[C@@H](C)CN. The van der Waals surface area contributed by atoms with Gasteiger partial charge >= 0.3 is 0 Å². The summed E-state index contributed by atoms with van der Waals surface area (Å²) in [5, 5.41) is 3.31. The normalized spacial score (nSPS) is 13.4. The number of unbranched alkanes of at least 4 members (excludes halogenated alkanes) is 1. The third kappa shape index (κ3) is 7.78. The highest BCUT2D eigenvalue weighted by Crippen LogP contribution is 1.87. The second-order valence-corrected chi connectivity index (χ2v) is 2.79. The van der Waals surface area contributed by atoms with E-state index in [9.17, 15) is 0 Å². The molecule has 0 fully saturated rings. The number of hydrogen-bond donors (Lipinski definition) is 2. The van der Waals surface area contributed by atoms with Gasteiger partial charge in [0.25, 0.3) is 0 Å². The lowest BCUT2D eigenvalue weighted by atomic mass is 10.3. The zero-order chi connectivity index (χ0) is 8.53. The van der Waals surface area contributed by atoms with Gasteiger partial charge in [-0.1, -0.05) is 0 Å².